The van der Waals surface area contributed by atoms with Crippen LogP contribution >= 0.6 is 0 Å². The number of carbonyl (C=O) groups excluding carboxylic acids is 1. The fourth-order valence-corrected chi connectivity index (χ4v) is 4.32. The SMILES string of the molecule is Cc1c(C(=O)Nc2cc(C3CCCCCC3)[nH]n2)nnn1C1CCNCC1. The normalized spacial score (nSPS) is 19.7. The molecule has 8 heteroatoms. The van der Waals surface area contributed by atoms with Crippen molar-refractivity contribution in [2.75, 3.05) is 18.4 Å². The Morgan fingerprint density at radius 3 is 2.63 bits per heavy atom. The molecule has 0 unspecified atom stereocenters. The van der Waals surface area contributed by atoms with E-state index in [4.69, 9.17) is 0 Å². The predicted octanol–water partition coefficient (Wildman–Crippen LogP) is 2.92. The van der Waals surface area contributed by atoms with Crippen LogP contribution in [-0.4, -0.2) is 44.2 Å². The van der Waals surface area contributed by atoms with Gasteiger partial charge in [-0.15, -0.1) is 5.10 Å². The molecule has 0 aromatic carbocycles. The first-order valence-electron chi connectivity index (χ1n) is 10.2. The Morgan fingerprint density at radius 2 is 1.89 bits per heavy atom. The molecule has 0 atom stereocenters. The molecule has 2 aliphatic rings. The highest BCUT2D eigenvalue weighted by Gasteiger charge is 2.24. The van der Waals surface area contributed by atoms with Gasteiger partial charge in [0.05, 0.1) is 11.7 Å². The van der Waals surface area contributed by atoms with Crippen LogP contribution in [0, 0.1) is 6.92 Å². The topological polar surface area (TPSA) is 101 Å². The molecule has 1 amide bonds. The third-order valence-electron chi connectivity index (χ3n) is 5.93. The zero-order valence-electron chi connectivity index (χ0n) is 16.0. The van der Waals surface area contributed by atoms with E-state index in [0.29, 0.717) is 23.5 Å². The van der Waals surface area contributed by atoms with Crippen LogP contribution in [0.15, 0.2) is 6.07 Å². The largest absolute Gasteiger partial charge is 0.317 e. The third kappa shape index (κ3) is 4.05. The first-order chi connectivity index (χ1) is 13.2. The first kappa shape index (κ1) is 18.2. The Bertz CT molecular complexity index is 767. The van der Waals surface area contributed by atoms with Crippen molar-refractivity contribution < 1.29 is 4.79 Å². The Hall–Kier alpha value is -2.22. The number of hydrogen-bond acceptors (Lipinski definition) is 5. The number of nitrogens with one attached hydrogen (secondary N) is 3. The number of aromatic amines is 1. The summed E-state index contributed by atoms with van der Waals surface area (Å²) >= 11 is 0. The maximum atomic E-state index is 12.7. The molecule has 2 aromatic heterocycles. The Balaban J connectivity index is 1.43. The van der Waals surface area contributed by atoms with E-state index in [1.807, 2.05) is 17.7 Å². The monoisotopic (exact) mass is 371 g/mol. The molecule has 8 nitrogen and oxygen atoms in total. The molecule has 4 rings (SSSR count). The van der Waals surface area contributed by atoms with Crippen molar-refractivity contribution in [2.24, 2.45) is 0 Å². The fraction of sp³-hybridized carbons (Fsp3) is 0.684. The molecule has 0 radical (unpaired) electrons. The minimum absolute atomic E-state index is 0.244. The van der Waals surface area contributed by atoms with Gasteiger partial charge in [-0.1, -0.05) is 30.9 Å². The van der Waals surface area contributed by atoms with Crippen molar-refractivity contribution >= 4 is 11.7 Å². The predicted molar refractivity (Wildman–Crippen MR) is 103 cm³/mol. The summed E-state index contributed by atoms with van der Waals surface area (Å²) in [5.74, 6) is 0.842. The van der Waals surface area contributed by atoms with Crippen molar-refractivity contribution in [1.82, 2.24) is 30.5 Å². The van der Waals surface area contributed by atoms with Crippen LogP contribution in [-0.2, 0) is 0 Å². The zero-order chi connectivity index (χ0) is 18.6. The van der Waals surface area contributed by atoms with Crippen LogP contribution in [0.3, 0.4) is 0 Å². The van der Waals surface area contributed by atoms with Gasteiger partial charge in [0, 0.05) is 17.7 Å². The molecular formula is C19H29N7O. The molecule has 0 bridgehead atoms. The summed E-state index contributed by atoms with van der Waals surface area (Å²) in [7, 11) is 0. The molecule has 27 heavy (non-hydrogen) atoms. The van der Waals surface area contributed by atoms with Gasteiger partial charge >= 0.3 is 0 Å². The first-order valence-corrected chi connectivity index (χ1v) is 10.2. The molecule has 1 saturated heterocycles. The molecule has 146 valence electrons. The van der Waals surface area contributed by atoms with Crippen LogP contribution in [0.5, 0.6) is 0 Å². The number of anilines is 1. The maximum Gasteiger partial charge on any atom is 0.279 e. The second-order valence-corrected chi connectivity index (χ2v) is 7.80. The number of amides is 1. The summed E-state index contributed by atoms with van der Waals surface area (Å²) < 4.78 is 1.90. The molecule has 3 N–H and O–H groups in total. The molecule has 2 aromatic rings. The van der Waals surface area contributed by atoms with Gasteiger partial charge in [-0.2, -0.15) is 5.10 Å². The van der Waals surface area contributed by atoms with Crippen molar-refractivity contribution in [1.29, 1.82) is 0 Å². The van der Waals surface area contributed by atoms with Crippen LogP contribution < -0.4 is 10.6 Å². The van der Waals surface area contributed by atoms with E-state index in [-0.39, 0.29) is 5.91 Å². The Labute approximate surface area is 159 Å². The summed E-state index contributed by atoms with van der Waals surface area (Å²) in [5, 5.41) is 22.0. The van der Waals surface area contributed by atoms with Gasteiger partial charge in [0.2, 0.25) is 0 Å². The molecule has 0 spiro atoms. The second-order valence-electron chi connectivity index (χ2n) is 7.80. The highest BCUT2D eigenvalue weighted by molar-refractivity contribution is 6.03. The number of piperidine rings is 1. The summed E-state index contributed by atoms with van der Waals surface area (Å²) in [6, 6.07) is 2.29. The summed E-state index contributed by atoms with van der Waals surface area (Å²) in [5.41, 5.74) is 2.33. The van der Waals surface area contributed by atoms with Crippen molar-refractivity contribution in [3.05, 3.63) is 23.1 Å². The number of hydrogen-bond donors (Lipinski definition) is 3. The van der Waals surface area contributed by atoms with E-state index in [9.17, 15) is 4.79 Å². The van der Waals surface area contributed by atoms with Gasteiger partial charge in [-0.05, 0) is 45.7 Å². The second kappa shape index (κ2) is 8.21. The van der Waals surface area contributed by atoms with Gasteiger partial charge in [0.15, 0.2) is 11.5 Å². The lowest BCUT2D eigenvalue weighted by molar-refractivity contribution is 0.102. The van der Waals surface area contributed by atoms with Crippen LogP contribution in [0.2, 0.25) is 0 Å². The fourth-order valence-electron chi connectivity index (χ4n) is 4.32. The summed E-state index contributed by atoms with van der Waals surface area (Å²) in [6.45, 7) is 3.86. The van der Waals surface area contributed by atoms with Gasteiger partial charge in [-0.25, -0.2) is 4.68 Å². The van der Waals surface area contributed by atoms with Gasteiger partial charge in [-0.3, -0.25) is 9.89 Å². The van der Waals surface area contributed by atoms with E-state index in [0.717, 1.165) is 37.3 Å². The van der Waals surface area contributed by atoms with Gasteiger partial charge in [0.1, 0.15) is 0 Å². The minimum Gasteiger partial charge on any atom is -0.317 e. The van der Waals surface area contributed by atoms with Crippen LogP contribution in [0.1, 0.15) is 85.2 Å². The van der Waals surface area contributed by atoms with E-state index < -0.39 is 0 Å². The molecular weight excluding hydrogens is 342 g/mol. The average Bonchev–Trinajstić information content (AvgIpc) is 3.20. The number of nitrogens with zero attached hydrogens (tertiary/aromatic N) is 4. The Kier molecular flexibility index (Phi) is 5.52. The van der Waals surface area contributed by atoms with Crippen molar-refractivity contribution in [3.8, 4) is 0 Å². The van der Waals surface area contributed by atoms with Gasteiger partial charge in [0.25, 0.3) is 5.91 Å². The van der Waals surface area contributed by atoms with E-state index in [1.165, 1.54) is 38.5 Å². The molecule has 1 aliphatic heterocycles. The minimum atomic E-state index is -0.244. The number of aromatic nitrogens is 5. The number of carbonyl (C=O) groups is 1. The highest BCUT2D eigenvalue weighted by atomic mass is 16.2. The van der Waals surface area contributed by atoms with E-state index in [2.05, 4.69) is 31.1 Å². The van der Waals surface area contributed by atoms with Gasteiger partial charge < -0.3 is 10.6 Å². The lowest BCUT2D eigenvalue weighted by Crippen LogP contribution is -2.30. The summed E-state index contributed by atoms with van der Waals surface area (Å²) in [6.07, 6.45) is 9.58. The third-order valence-corrected chi connectivity index (χ3v) is 5.93. The lowest BCUT2D eigenvalue weighted by atomic mass is 9.97. The van der Waals surface area contributed by atoms with E-state index in [1.54, 1.807) is 0 Å². The van der Waals surface area contributed by atoms with Crippen LogP contribution in [0.25, 0.3) is 0 Å². The molecule has 1 aliphatic carbocycles. The van der Waals surface area contributed by atoms with Crippen LogP contribution in [0.4, 0.5) is 5.82 Å². The zero-order valence-corrected chi connectivity index (χ0v) is 16.0. The maximum absolute atomic E-state index is 12.7. The van der Waals surface area contributed by atoms with Crippen molar-refractivity contribution in [3.63, 3.8) is 0 Å². The highest BCUT2D eigenvalue weighted by Crippen LogP contribution is 2.31. The lowest BCUT2D eigenvalue weighted by Gasteiger charge is -2.23. The molecule has 3 heterocycles. The smallest absolute Gasteiger partial charge is 0.279 e. The van der Waals surface area contributed by atoms with Crippen molar-refractivity contribution in [2.45, 2.75) is 70.3 Å². The standard InChI is InChI=1S/C19H29N7O/c1-13-18(24-25-26(13)15-8-10-20-11-9-15)19(27)21-17-12-16(22-23-17)14-6-4-2-3-5-7-14/h12,14-15,20H,2-11H2,1H3,(H2,21,22,23,27). The summed E-state index contributed by atoms with van der Waals surface area (Å²) in [4.78, 5) is 12.7. The number of H-pyrrole nitrogens is 1. The molecule has 1 saturated carbocycles. The Morgan fingerprint density at radius 1 is 1.15 bits per heavy atom. The average molecular weight is 371 g/mol. The molecule has 2 fully saturated rings. The van der Waals surface area contributed by atoms with E-state index >= 15 is 0 Å². The number of rotatable bonds is 4. The quantitative estimate of drug-likeness (QED) is 0.718.